The molecule has 1 rings (SSSR count). The number of carbonyl (C=O) groups excluding carboxylic acids is 2. The molecule has 0 heterocycles. The molecular weight excluding hydrogens is 278 g/mol. The maximum Gasteiger partial charge on any atom is 0.317 e. The van der Waals surface area contributed by atoms with Crippen LogP contribution in [-0.4, -0.2) is 67.8 Å². The summed E-state index contributed by atoms with van der Waals surface area (Å²) >= 11 is 0. The molecule has 0 saturated heterocycles. The maximum absolute atomic E-state index is 11.9. The number of urea groups is 1. The Balaban J connectivity index is 2.34. The van der Waals surface area contributed by atoms with Gasteiger partial charge in [0.05, 0.1) is 13.0 Å². The van der Waals surface area contributed by atoms with Crippen LogP contribution in [0, 0.1) is 5.92 Å². The van der Waals surface area contributed by atoms with Crippen LogP contribution in [0.1, 0.15) is 19.3 Å². The molecule has 0 radical (unpaired) electrons. The molecule has 1 fully saturated rings. The van der Waals surface area contributed by atoms with Gasteiger partial charge in [-0.05, 0) is 18.8 Å². The molecule has 1 aliphatic carbocycles. The van der Waals surface area contributed by atoms with Crippen molar-refractivity contribution in [2.45, 2.75) is 25.3 Å². The zero-order valence-electron chi connectivity index (χ0n) is 12.4. The molecule has 1 unspecified atom stereocenters. The Hall–Kier alpha value is -1.83. The number of amides is 3. The van der Waals surface area contributed by atoms with Crippen LogP contribution < -0.4 is 10.6 Å². The lowest BCUT2D eigenvalue weighted by atomic mass is 10.1. The van der Waals surface area contributed by atoms with E-state index in [4.69, 9.17) is 9.84 Å². The number of hydrogen-bond acceptors (Lipinski definition) is 4. The summed E-state index contributed by atoms with van der Waals surface area (Å²) in [6.45, 7) is 0.707. The van der Waals surface area contributed by atoms with E-state index in [1.807, 2.05) is 0 Å². The molecule has 120 valence electrons. The Bertz CT molecular complexity index is 384. The van der Waals surface area contributed by atoms with Crippen molar-refractivity contribution in [2.24, 2.45) is 5.92 Å². The highest BCUT2D eigenvalue weighted by molar-refractivity contribution is 5.84. The number of likely N-dealkylation sites (N-methyl/N-ethyl adjacent to an activating group) is 1. The Morgan fingerprint density at radius 1 is 1.38 bits per heavy atom. The summed E-state index contributed by atoms with van der Waals surface area (Å²) in [7, 11) is 3.03. The third-order valence-electron chi connectivity index (χ3n) is 3.25. The first-order chi connectivity index (χ1) is 9.93. The number of nitrogens with one attached hydrogen (secondary N) is 2. The van der Waals surface area contributed by atoms with Crippen molar-refractivity contribution in [2.75, 3.05) is 33.9 Å². The van der Waals surface area contributed by atoms with Gasteiger partial charge in [-0.3, -0.25) is 9.59 Å². The minimum atomic E-state index is -0.938. The number of rotatable bonds is 9. The van der Waals surface area contributed by atoms with Crippen LogP contribution in [-0.2, 0) is 14.3 Å². The summed E-state index contributed by atoms with van der Waals surface area (Å²) in [6, 6.07) is -0.802. The van der Waals surface area contributed by atoms with Gasteiger partial charge in [-0.2, -0.15) is 0 Å². The molecule has 8 nitrogen and oxygen atoms in total. The quantitative estimate of drug-likeness (QED) is 0.504. The molecule has 1 saturated carbocycles. The summed E-state index contributed by atoms with van der Waals surface area (Å²) < 4.78 is 4.80. The Kier molecular flexibility index (Phi) is 6.93. The smallest absolute Gasteiger partial charge is 0.317 e. The number of hydrogen-bond donors (Lipinski definition) is 3. The zero-order chi connectivity index (χ0) is 15.8. The first-order valence-corrected chi connectivity index (χ1v) is 6.93. The predicted molar refractivity (Wildman–Crippen MR) is 74.8 cm³/mol. The molecule has 0 aromatic heterocycles. The first kappa shape index (κ1) is 17.2. The highest BCUT2D eigenvalue weighted by Gasteiger charge is 2.34. The molecule has 1 atom stereocenters. The van der Waals surface area contributed by atoms with Gasteiger partial charge in [-0.25, -0.2) is 4.79 Å². The van der Waals surface area contributed by atoms with Crippen LogP contribution in [0.4, 0.5) is 4.79 Å². The second-order valence-electron chi connectivity index (χ2n) is 5.19. The van der Waals surface area contributed by atoms with Crippen molar-refractivity contribution in [1.82, 2.24) is 15.5 Å². The molecule has 0 aromatic rings. The number of aliphatic carboxylic acids is 1. The normalized spacial score (nSPS) is 15.1. The fourth-order valence-corrected chi connectivity index (χ4v) is 1.93. The van der Waals surface area contributed by atoms with Gasteiger partial charge in [0.15, 0.2) is 0 Å². The van der Waals surface area contributed by atoms with E-state index >= 15 is 0 Å². The number of nitrogens with zero attached hydrogens (tertiary/aromatic N) is 1. The lowest BCUT2D eigenvalue weighted by Gasteiger charge is -2.22. The van der Waals surface area contributed by atoms with Crippen LogP contribution >= 0.6 is 0 Å². The van der Waals surface area contributed by atoms with Gasteiger partial charge in [-0.1, -0.05) is 0 Å². The average molecular weight is 301 g/mol. The largest absolute Gasteiger partial charge is 0.481 e. The Labute approximate surface area is 123 Å². The van der Waals surface area contributed by atoms with Crippen molar-refractivity contribution < 1.29 is 24.2 Å². The molecule has 21 heavy (non-hydrogen) atoms. The minimum Gasteiger partial charge on any atom is -0.481 e. The molecule has 0 aliphatic heterocycles. The SMILES string of the molecule is COCCNC(=O)CN(C)C(=O)NC(CC(=O)O)C1CC1. The first-order valence-electron chi connectivity index (χ1n) is 6.93. The standard InChI is InChI=1S/C13H23N3O5/c1-16(8-11(17)14-5-6-21-2)13(20)15-10(7-12(18)19)9-3-4-9/h9-10H,3-8H2,1-2H3,(H,14,17)(H,15,20)(H,18,19). The number of carboxylic acids is 1. The molecule has 0 spiro atoms. The zero-order valence-corrected chi connectivity index (χ0v) is 12.4. The van der Waals surface area contributed by atoms with E-state index in [2.05, 4.69) is 10.6 Å². The van der Waals surface area contributed by atoms with Gasteiger partial charge in [0.25, 0.3) is 0 Å². The number of methoxy groups -OCH3 is 1. The maximum atomic E-state index is 11.9. The highest BCUT2D eigenvalue weighted by atomic mass is 16.5. The van der Waals surface area contributed by atoms with Crippen molar-refractivity contribution >= 4 is 17.9 Å². The highest BCUT2D eigenvalue weighted by Crippen LogP contribution is 2.34. The second-order valence-corrected chi connectivity index (χ2v) is 5.19. The average Bonchev–Trinajstić information content (AvgIpc) is 3.21. The molecule has 3 amide bonds. The van der Waals surface area contributed by atoms with E-state index in [0.29, 0.717) is 13.2 Å². The van der Waals surface area contributed by atoms with Crippen molar-refractivity contribution in [3.8, 4) is 0 Å². The lowest BCUT2D eigenvalue weighted by molar-refractivity contribution is -0.137. The summed E-state index contributed by atoms with van der Waals surface area (Å²) in [6.07, 6.45) is 1.77. The predicted octanol–water partition coefficient (Wildman–Crippen LogP) is -0.356. The van der Waals surface area contributed by atoms with E-state index in [-0.39, 0.29) is 30.8 Å². The third-order valence-corrected chi connectivity index (χ3v) is 3.25. The van der Waals surface area contributed by atoms with Gasteiger partial charge >= 0.3 is 12.0 Å². The molecule has 1 aliphatic rings. The van der Waals surface area contributed by atoms with Crippen molar-refractivity contribution in [1.29, 1.82) is 0 Å². The fourth-order valence-electron chi connectivity index (χ4n) is 1.93. The van der Waals surface area contributed by atoms with E-state index < -0.39 is 12.0 Å². The number of carboxylic acid groups (broad SMARTS) is 1. The minimum absolute atomic E-state index is 0.0833. The van der Waals surface area contributed by atoms with Gasteiger partial charge in [0, 0.05) is 26.7 Å². The molecule has 3 N–H and O–H groups in total. The van der Waals surface area contributed by atoms with Gasteiger partial charge < -0.3 is 25.4 Å². The Morgan fingerprint density at radius 2 is 2.05 bits per heavy atom. The van der Waals surface area contributed by atoms with Crippen molar-refractivity contribution in [3.63, 3.8) is 0 Å². The van der Waals surface area contributed by atoms with E-state index in [9.17, 15) is 14.4 Å². The van der Waals surface area contributed by atoms with E-state index in [1.165, 1.54) is 19.1 Å². The fraction of sp³-hybridized carbons (Fsp3) is 0.769. The summed E-state index contributed by atoms with van der Waals surface area (Å²) in [5.41, 5.74) is 0. The van der Waals surface area contributed by atoms with Crippen molar-refractivity contribution in [3.05, 3.63) is 0 Å². The molecule has 0 aromatic carbocycles. The van der Waals surface area contributed by atoms with Crippen LogP contribution in [0.25, 0.3) is 0 Å². The molecular formula is C13H23N3O5. The monoisotopic (exact) mass is 301 g/mol. The van der Waals surface area contributed by atoms with Crippen LogP contribution in [0.3, 0.4) is 0 Å². The summed E-state index contributed by atoms with van der Waals surface area (Å²) in [5.74, 6) is -0.993. The van der Waals surface area contributed by atoms with Gasteiger partial charge in [0.2, 0.25) is 5.91 Å². The third kappa shape index (κ3) is 6.94. The van der Waals surface area contributed by atoms with Gasteiger partial charge in [0.1, 0.15) is 6.54 Å². The van der Waals surface area contributed by atoms with E-state index in [0.717, 1.165) is 12.8 Å². The Morgan fingerprint density at radius 3 is 2.57 bits per heavy atom. The summed E-state index contributed by atoms with van der Waals surface area (Å²) in [4.78, 5) is 35.5. The van der Waals surface area contributed by atoms with E-state index in [1.54, 1.807) is 0 Å². The van der Waals surface area contributed by atoms with Crippen LogP contribution in [0.5, 0.6) is 0 Å². The molecule has 8 heteroatoms. The lowest BCUT2D eigenvalue weighted by Crippen LogP contribution is -2.48. The number of ether oxygens (including phenoxy) is 1. The van der Waals surface area contributed by atoms with Gasteiger partial charge in [-0.15, -0.1) is 0 Å². The van der Waals surface area contributed by atoms with Crippen LogP contribution in [0.15, 0.2) is 0 Å². The summed E-state index contributed by atoms with van der Waals surface area (Å²) in [5, 5.41) is 14.1. The topological polar surface area (TPSA) is 108 Å². The molecule has 0 bridgehead atoms. The number of carbonyl (C=O) groups is 3. The van der Waals surface area contributed by atoms with Crippen LogP contribution in [0.2, 0.25) is 0 Å². The second kappa shape index (κ2) is 8.46.